The van der Waals surface area contributed by atoms with Crippen LogP contribution in [0.25, 0.3) is 5.69 Å². The molecule has 1 N–H and O–H groups in total. The second kappa shape index (κ2) is 6.92. The van der Waals surface area contributed by atoms with E-state index in [1.54, 1.807) is 19.2 Å². The molecular formula is C17H18N4O2S. The van der Waals surface area contributed by atoms with E-state index in [-0.39, 0.29) is 11.2 Å². The molecule has 7 heteroatoms. The van der Waals surface area contributed by atoms with Crippen molar-refractivity contribution in [3.05, 3.63) is 54.0 Å². The van der Waals surface area contributed by atoms with Crippen LogP contribution in [0, 0.1) is 13.8 Å². The van der Waals surface area contributed by atoms with Gasteiger partial charge in [-0.3, -0.25) is 9.36 Å². The normalized spacial score (nSPS) is 12.1. The summed E-state index contributed by atoms with van der Waals surface area (Å²) in [6, 6.07) is 9.75. The van der Waals surface area contributed by atoms with Crippen molar-refractivity contribution in [2.24, 2.45) is 0 Å². The highest BCUT2D eigenvalue weighted by molar-refractivity contribution is 8.00. The molecule has 1 aromatic carbocycles. The van der Waals surface area contributed by atoms with Crippen molar-refractivity contribution >= 4 is 23.5 Å². The molecule has 0 aliphatic carbocycles. The molecule has 2 heterocycles. The summed E-state index contributed by atoms with van der Waals surface area (Å²) in [6.07, 6.45) is 3.64. The van der Waals surface area contributed by atoms with Crippen LogP contribution in [-0.2, 0) is 4.79 Å². The molecule has 0 bridgehead atoms. The minimum absolute atomic E-state index is 0.146. The van der Waals surface area contributed by atoms with Crippen LogP contribution in [0.5, 0.6) is 0 Å². The SMILES string of the molecule is Cc1cc(NC(=O)[C@H](C)Sc2nccn2-c2ccccc2C)no1. The number of para-hydroxylation sites is 1. The van der Waals surface area contributed by atoms with E-state index in [0.717, 1.165) is 16.4 Å². The van der Waals surface area contributed by atoms with Gasteiger partial charge in [0.2, 0.25) is 5.91 Å². The van der Waals surface area contributed by atoms with Gasteiger partial charge < -0.3 is 9.84 Å². The molecule has 0 fully saturated rings. The molecule has 2 aromatic heterocycles. The molecule has 124 valence electrons. The summed E-state index contributed by atoms with van der Waals surface area (Å²) in [4.78, 5) is 16.7. The molecule has 3 aromatic rings. The molecule has 0 spiro atoms. The van der Waals surface area contributed by atoms with E-state index in [4.69, 9.17) is 4.52 Å². The molecule has 0 saturated heterocycles. The van der Waals surface area contributed by atoms with Crippen molar-refractivity contribution in [3.63, 3.8) is 0 Å². The Morgan fingerprint density at radius 1 is 1.33 bits per heavy atom. The maximum absolute atomic E-state index is 12.3. The van der Waals surface area contributed by atoms with Crippen molar-refractivity contribution in [2.45, 2.75) is 31.2 Å². The van der Waals surface area contributed by atoms with Crippen LogP contribution in [0.15, 0.2) is 52.4 Å². The van der Waals surface area contributed by atoms with Gasteiger partial charge in [-0.1, -0.05) is 35.1 Å². The molecule has 1 amide bonds. The zero-order valence-corrected chi connectivity index (χ0v) is 14.5. The number of thioether (sulfide) groups is 1. The van der Waals surface area contributed by atoms with Crippen LogP contribution in [-0.4, -0.2) is 25.9 Å². The second-order valence-corrected chi connectivity index (χ2v) is 6.75. The quantitative estimate of drug-likeness (QED) is 0.717. The molecule has 3 rings (SSSR count). The van der Waals surface area contributed by atoms with Gasteiger partial charge >= 0.3 is 0 Å². The van der Waals surface area contributed by atoms with Gasteiger partial charge in [0.25, 0.3) is 0 Å². The lowest BCUT2D eigenvalue weighted by Gasteiger charge is -2.13. The number of imidazole rings is 1. The number of hydrogen-bond acceptors (Lipinski definition) is 5. The highest BCUT2D eigenvalue weighted by Gasteiger charge is 2.19. The Morgan fingerprint density at radius 3 is 2.83 bits per heavy atom. The van der Waals surface area contributed by atoms with E-state index in [1.807, 2.05) is 48.9 Å². The van der Waals surface area contributed by atoms with Crippen LogP contribution in [0.4, 0.5) is 5.82 Å². The van der Waals surface area contributed by atoms with Crippen LogP contribution in [0.1, 0.15) is 18.2 Å². The number of rotatable bonds is 5. The number of aryl methyl sites for hydroxylation is 2. The lowest BCUT2D eigenvalue weighted by Crippen LogP contribution is -2.23. The topological polar surface area (TPSA) is 73.0 Å². The van der Waals surface area contributed by atoms with Crippen molar-refractivity contribution < 1.29 is 9.32 Å². The van der Waals surface area contributed by atoms with E-state index in [2.05, 4.69) is 15.5 Å². The first-order chi connectivity index (χ1) is 11.5. The first kappa shape index (κ1) is 16.3. The summed E-state index contributed by atoms with van der Waals surface area (Å²) in [5, 5.41) is 6.96. The molecule has 6 nitrogen and oxygen atoms in total. The largest absolute Gasteiger partial charge is 0.360 e. The van der Waals surface area contributed by atoms with Crippen molar-refractivity contribution in [2.75, 3.05) is 5.32 Å². The van der Waals surface area contributed by atoms with Gasteiger partial charge in [0.1, 0.15) is 5.76 Å². The highest BCUT2D eigenvalue weighted by atomic mass is 32.2. The number of benzene rings is 1. The molecular weight excluding hydrogens is 324 g/mol. The third kappa shape index (κ3) is 3.51. The maximum atomic E-state index is 12.3. The minimum Gasteiger partial charge on any atom is -0.360 e. The molecule has 0 unspecified atom stereocenters. The predicted molar refractivity (Wildman–Crippen MR) is 93.5 cm³/mol. The van der Waals surface area contributed by atoms with E-state index in [9.17, 15) is 4.79 Å². The Morgan fingerprint density at radius 2 is 2.12 bits per heavy atom. The third-order valence-electron chi connectivity index (χ3n) is 3.51. The maximum Gasteiger partial charge on any atom is 0.238 e. The van der Waals surface area contributed by atoms with Crippen LogP contribution in [0.2, 0.25) is 0 Å². The zero-order valence-electron chi connectivity index (χ0n) is 13.7. The fourth-order valence-electron chi connectivity index (χ4n) is 2.26. The van der Waals surface area contributed by atoms with E-state index >= 15 is 0 Å². The van der Waals surface area contributed by atoms with Gasteiger partial charge in [0.05, 0.1) is 10.9 Å². The smallest absolute Gasteiger partial charge is 0.238 e. The molecule has 1 atom stereocenters. The number of carbonyl (C=O) groups is 1. The third-order valence-corrected chi connectivity index (χ3v) is 4.59. The number of nitrogens with zero attached hydrogens (tertiary/aromatic N) is 3. The lowest BCUT2D eigenvalue weighted by molar-refractivity contribution is -0.115. The van der Waals surface area contributed by atoms with Gasteiger partial charge in [-0.25, -0.2) is 4.98 Å². The predicted octanol–water partition coefficient (Wildman–Crippen LogP) is 3.60. The fraction of sp³-hybridized carbons (Fsp3) is 0.235. The average molecular weight is 342 g/mol. The van der Waals surface area contributed by atoms with Crippen LogP contribution >= 0.6 is 11.8 Å². The zero-order chi connectivity index (χ0) is 17.1. The fourth-order valence-corrected chi connectivity index (χ4v) is 3.14. The van der Waals surface area contributed by atoms with Crippen LogP contribution < -0.4 is 5.32 Å². The van der Waals surface area contributed by atoms with Crippen molar-refractivity contribution in [3.8, 4) is 5.69 Å². The second-order valence-electron chi connectivity index (χ2n) is 5.44. The highest BCUT2D eigenvalue weighted by Crippen LogP contribution is 2.26. The Bertz CT molecular complexity index is 856. The Hall–Kier alpha value is -2.54. The summed E-state index contributed by atoms with van der Waals surface area (Å²) in [5.74, 6) is 0.931. The lowest BCUT2D eigenvalue weighted by atomic mass is 10.2. The summed E-state index contributed by atoms with van der Waals surface area (Å²) >= 11 is 1.40. The number of hydrogen-bond donors (Lipinski definition) is 1. The first-order valence-electron chi connectivity index (χ1n) is 7.55. The molecule has 0 aliphatic rings. The number of carbonyl (C=O) groups excluding carboxylic acids is 1. The van der Waals surface area contributed by atoms with E-state index in [1.165, 1.54) is 11.8 Å². The molecule has 0 aliphatic heterocycles. The number of anilines is 1. The summed E-state index contributed by atoms with van der Waals surface area (Å²) in [5.41, 5.74) is 2.20. The average Bonchev–Trinajstić information content (AvgIpc) is 3.17. The van der Waals surface area contributed by atoms with E-state index < -0.39 is 0 Å². The number of amides is 1. The Kier molecular flexibility index (Phi) is 4.71. The minimum atomic E-state index is -0.327. The Balaban J connectivity index is 1.73. The van der Waals surface area contributed by atoms with Gasteiger partial charge in [-0.05, 0) is 32.4 Å². The van der Waals surface area contributed by atoms with Crippen LogP contribution in [0.3, 0.4) is 0 Å². The van der Waals surface area contributed by atoms with Crippen molar-refractivity contribution in [1.82, 2.24) is 14.7 Å². The van der Waals surface area contributed by atoms with Gasteiger partial charge in [-0.2, -0.15) is 0 Å². The van der Waals surface area contributed by atoms with Gasteiger partial charge in [0.15, 0.2) is 11.0 Å². The summed E-state index contributed by atoms with van der Waals surface area (Å²) < 4.78 is 6.94. The Labute approximate surface area is 144 Å². The number of nitrogens with one attached hydrogen (secondary N) is 1. The molecule has 24 heavy (non-hydrogen) atoms. The molecule has 0 radical (unpaired) electrons. The van der Waals surface area contributed by atoms with Gasteiger partial charge in [-0.15, -0.1) is 0 Å². The first-order valence-corrected chi connectivity index (χ1v) is 8.43. The number of aromatic nitrogens is 3. The van der Waals surface area contributed by atoms with Crippen molar-refractivity contribution in [1.29, 1.82) is 0 Å². The van der Waals surface area contributed by atoms with Gasteiger partial charge in [0, 0.05) is 18.5 Å². The monoisotopic (exact) mass is 342 g/mol. The summed E-state index contributed by atoms with van der Waals surface area (Å²) in [6.45, 7) is 5.66. The van der Waals surface area contributed by atoms with E-state index in [0.29, 0.717) is 11.6 Å². The standard InChI is InChI=1S/C17H18N4O2S/c1-11-6-4-5-7-14(11)21-9-8-18-17(21)24-13(3)16(22)19-15-10-12(2)23-20-15/h4-10,13H,1-3H3,(H,19,20,22)/t13-/m0/s1. The summed E-state index contributed by atoms with van der Waals surface area (Å²) in [7, 11) is 0. The molecule has 0 saturated carbocycles.